The molecule has 3 aromatic carbocycles. The van der Waals surface area contributed by atoms with Gasteiger partial charge in [0.1, 0.15) is 11.6 Å². The van der Waals surface area contributed by atoms with Crippen LogP contribution in [0.25, 0.3) is 0 Å². The van der Waals surface area contributed by atoms with Crippen molar-refractivity contribution in [3.8, 4) is 0 Å². The Bertz CT molecular complexity index is 2110. The van der Waals surface area contributed by atoms with Gasteiger partial charge >= 0.3 is 0 Å². The maximum Gasteiger partial charge on any atom is 0.261 e. The maximum absolute atomic E-state index is 13.8. The number of carbonyl (C=O) groups is 2. The number of benzene rings is 3. The first-order valence-electron chi connectivity index (χ1n) is 19.2. The molecule has 2 amide bonds. The number of fused-ring (bicyclic) bond motifs is 2. The summed E-state index contributed by atoms with van der Waals surface area (Å²) in [4.78, 5) is 35.9. The monoisotopic (exact) mass is 818 g/mol. The number of carbonyl (C=O) groups excluding carboxylic acids is 2. The van der Waals surface area contributed by atoms with Crippen molar-refractivity contribution < 1.29 is 26.8 Å². The van der Waals surface area contributed by atoms with E-state index in [-0.39, 0.29) is 69.7 Å². The molecule has 2 saturated heterocycles. The molecule has 6 rings (SSSR count). The molecule has 2 unspecified atom stereocenters. The largest absolute Gasteiger partial charge is 0.407 e. The highest BCUT2D eigenvalue weighted by Crippen LogP contribution is 2.38. The highest BCUT2D eigenvalue weighted by molar-refractivity contribution is 7.91. The van der Waals surface area contributed by atoms with Crippen molar-refractivity contribution >= 4 is 57.8 Å². The van der Waals surface area contributed by atoms with Crippen LogP contribution in [0.4, 0.5) is 10.2 Å². The SMILES string of the molecule is CC(C)(C)CS(=O)(=O)c1cc(CNC(=O)CCO[Si](c2ccccc2)(c2ccccc2)C(C)(C)C)nc(N2C3CCC2CN(C(=O)c2ccc(F)cc2Cl)C3)c1. The van der Waals surface area contributed by atoms with Crippen molar-refractivity contribution in [3.05, 3.63) is 113 Å². The molecule has 2 aliphatic heterocycles. The Hall–Kier alpha value is -4.10. The minimum absolute atomic E-state index is 0.0285. The number of amides is 2. The Morgan fingerprint density at radius 3 is 2.02 bits per heavy atom. The van der Waals surface area contributed by atoms with E-state index in [2.05, 4.69) is 55.3 Å². The number of likely N-dealkylation sites (tertiary alicyclic amines) is 1. The third-order valence-corrected chi connectivity index (χ3v) is 18.1. The fourth-order valence-corrected chi connectivity index (χ4v) is 14.9. The first kappa shape index (κ1) is 41.5. The number of nitrogens with zero attached hydrogens (tertiary/aromatic N) is 3. The fourth-order valence-electron chi connectivity index (χ4n) is 8.21. The number of sulfone groups is 1. The Labute approximate surface area is 336 Å². The lowest BCUT2D eigenvalue weighted by Gasteiger charge is -2.43. The molecular weight excluding hydrogens is 767 g/mol. The van der Waals surface area contributed by atoms with Crippen LogP contribution in [-0.4, -0.2) is 76.0 Å². The van der Waals surface area contributed by atoms with Crippen molar-refractivity contribution in [1.82, 2.24) is 15.2 Å². The molecule has 2 atom stereocenters. The van der Waals surface area contributed by atoms with Crippen LogP contribution in [0, 0.1) is 11.2 Å². The van der Waals surface area contributed by atoms with Crippen molar-refractivity contribution in [2.24, 2.45) is 5.41 Å². The number of pyridine rings is 1. The second kappa shape index (κ2) is 16.4. The Morgan fingerprint density at radius 2 is 1.48 bits per heavy atom. The van der Waals surface area contributed by atoms with Crippen LogP contribution in [0.15, 0.2) is 95.9 Å². The van der Waals surface area contributed by atoms with E-state index in [9.17, 15) is 22.4 Å². The number of aromatic nitrogens is 1. The van der Waals surface area contributed by atoms with Gasteiger partial charge in [0.05, 0.1) is 33.5 Å². The maximum atomic E-state index is 13.8. The molecule has 2 aliphatic rings. The van der Waals surface area contributed by atoms with Gasteiger partial charge in [0.15, 0.2) is 9.84 Å². The Morgan fingerprint density at radius 1 is 0.893 bits per heavy atom. The number of halogens is 2. The van der Waals surface area contributed by atoms with Gasteiger partial charge < -0.3 is 19.5 Å². The van der Waals surface area contributed by atoms with Gasteiger partial charge in [0.2, 0.25) is 5.91 Å². The molecule has 4 aromatic rings. The van der Waals surface area contributed by atoms with E-state index in [1.165, 1.54) is 12.1 Å². The van der Waals surface area contributed by atoms with E-state index in [0.717, 1.165) is 29.3 Å². The molecule has 298 valence electrons. The summed E-state index contributed by atoms with van der Waals surface area (Å²) in [5.74, 6) is -0.593. The summed E-state index contributed by atoms with van der Waals surface area (Å²) in [7, 11) is -6.56. The van der Waals surface area contributed by atoms with Gasteiger partial charge in [-0.1, -0.05) is 114 Å². The Balaban J connectivity index is 1.21. The van der Waals surface area contributed by atoms with E-state index in [1.807, 2.05) is 57.2 Å². The topological polar surface area (TPSA) is 109 Å². The van der Waals surface area contributed by atoms with E-state index in [1.54, 1.807) is 17.0 Å². The zero-order chi connectivity index (χ0) is 40.5. The van der Waals surface area contributed by atoms with Crippen LogP contribution in [-0.2, 0) is 25.6 Å². The molecule has 56 heavy (non-hydrogen) atoms. The van der Waals surface area contributed by atoms with Gasteiger partial charge in [-0.25, -0.2) is 17.8 Å². The van der Waals surface area contributed by atoms with E-state index in [4.69, 9.17) is 21.0 Å². The molecule has 0 spiro atoms. The molecule has 0 radical (unpaired) electrons. The van der Waals surface area contributed by atoms with Crippen molar-refractivity contribution in [2.45, 2.75) is 89.4 Å². The molecule has 0 aliphatic carbocycles. The average molecular weight is 820 g/mol. The summed E-state index contributed by atoms with van der Waals surface area (Å²) >= 11 is 6.25. The molecular formula is C43H52ClFN4O5SSi. The van der Waals surface area contributed by atoms with Gasteiger partial charge in [-0.05, 0) is 64.0 Å². The number of rotatable bonds is 12. The van der Waals surface area contributed by atoms with Crippen molar-refractivity contribution in [1.29, 1.82) is 0 Å². The molecule has 1 aromatic heterocycles. The molecule has 2 fully saturated rings. The normalized spacial score (nSPS) is 17.6. The van der Waals surface area contributed by atoms with Gasteiger partial charge in [-0.2, -0.15) is 0 Å². The zero-order valence-electron chi connectivity index (χ0n) is 33.0. The van der Waals surface area contributed by atoms with Crippen molar-refractivity contribution in [3.63, 3.8) is 0 Å². The Kier molecular flexibility index (Phi) is 12.2. The van der Waals surface area contributed by atoms with Crippen LogP contribution in [0.2, 0.25) is 10.1 Å². The highest BCUT2D eigenvalue weighted by Gasteiger charge is 2.50. The summed E-state index contributed by atoms with van der Waals surface area (Å²) in [6.45, 7) is 13.2. The first-order valence-corrected chi connectivity index (χ1v) is 23.1. The lowest BCUT2D eigenvalue weighted by atomic mass is 10.0. The second-order valence-electron chi connectivity index (χ2n) is 17.1. The standard InChI is InChI=1S/C43H52ClFN4O5SSi/c1-42(2,3)29-55(52,53)34-24-31(47-39(25-34)49-32-18-19-33(49)28-48(27-32)41(51)37-20-17-30(45)23-38(37)44)26-46-40(50)21-22-54-56(43(4,5)6,35-13-9-7-10-14-35)36-15-11-8-12-16-36/h7-17,20,23-25,32-33H,18-19,21-22,26-29H2,1-6H3,(H,46,50). The van der Waals surface area contributed by atoms with Crippen LogP contribution >= 0.6 is 11.6 Å². The van der Waals surface area contributed by atoms with Crippen LogP contribution < -0.4 is 20.6 Å². The van der Waals surface area contributed by atoms with Gasteiger partial charge in [-0.3, -0.25) is 9.59 Å². The number of piperazine rings is 1. The van der Waals surface area contributed by atoms with E-state index in [0.29, 0.717) is 24.6 Å². The number of anilines is 1. The smallest absolute Gasteiger partial charge is 0.261 e. The summed E-state index contributed by atoms with van der Waals surface area (Å²) in [6.07, 6.45) is 1.67. The lowest BCUT2D eigenvalue weighted by molar-refractivity contribution is -0.121. The summed E-state index contributed by atoms with van der Waals surface area (Å²) in [6, 6.07) is 27.2. The third-order valence-electron chi connectivity index (χ3n) is 10.5. The third kappa shape index (κ3) is 9.04. The van der Waals surface area contributed by atoms with E-state index >= 15 is 0 Å². The van der Waals surface area contributed by atoms with Crippen LogP contribution in [0.5, 0.6) is 0 Å². The van der Waals surface area contributed by atoms with Crippen LogP contribution in [0.1, 0.15) is 76.9 Å². The predicted molar refractivity (Wildman–Crippen MR) is 222 cm³/mol. The lowest BCUT2D eigenvalue weighted by Crippen LogP contribution is -2.66. The molecule has 2 bridgehead atoms. The summed E-state index contributed by atoms with van der Waals surface area (Å²) in [5.41, 5.74) is 0.172. The van der Waals surface area contributed by atoms with Crippen LogP contribution in [0.3, 0.4) is 0 Å². The average Bonchev–Trinajstić information content (AvgIpc) is 3.40. The molecule has 0 saturated carbocycles. The number of hydrogen-bond acceptors (Lipinski definition) is 7. The first-order chi connectivity index (χ1) is 26.4. The number of nitrogens with one attached hydrogen (secondary N) is 1. The number of hydrogen-bond donors (Lipinski definition) is 1. The minimum atomic E-state index is -3.73. The zero-order valence-corrected chi connectivity index (χ0v) is 35.6. The molecule has 13 heteroatoms. The van der Waals surface area contributed by atoms with Crippen molar-refractivity contribution in [2.75, 3.05) is 30.3 Å². The predicted octanol–water partition coefficient (Wildman–Crippen LogP) is 6.77. The highest BCUT2D eigenvalue weighted by atomic mass is 35.5. The van der Waals surface area contributed by atoms with Gasteiger partial charge in [0, 0.05) is 38.2 Å². The quantitative estimate of drug-likeness (QED) is 0.157. The minimum Gasteiger partial charge on any atom is -0.407 e. The van der Waals surface area contributed by atoms with E-state index < -0.39 is 29.4 Å². The van der Waals surface area contributed by atoms with Gasteiger partial charge in [0.25, 0.3) is 14.2 Å². The summed E-state index contributed by atoms with van der Waals surface area (Å²) in [5, 5.41) is 5.05. The second-order valence-corrected chi connectivity index (χ2v) is 23.8. The van der Waals surface area contributed by atoms with Gasteiger partial charge in [-0.15, -0.1) is 0 Å². The molecule has 9 nitrogen and oxygen atoms in total. The fraction of sp³-hybridized carbons (Fsp3) is 0.419. The molecule has 1 N–H and O–H groups in total. The molecule has 3 heterocycles. The summed E-state index contributed by atoms with van der Waals surface area (Å²) < 4.78 is 48.3.